The second kappa shape index (κ2) is 28.2. The number of hydrogen-bond donors (Lipinski definition) is 2. The molecular formula is C54H50N2O10. The van der Waals surface area contributed by atoms with Gasteiger partial charge in [-0.05, 0) is 164 Å². The fourth-order valence-corrected chi connectivity index (χ4v) is 6.63. The van der Waals surface area contributed by atoms with Crippen LogP contribution in [0.2, 0.25) is 0 Å². The molecule has 4 atom stereocenters. The van der Waals surface area contributed by atoms with Gasteiger partial charge >= 0.3 is 24.1 Å². The van der Waals surface area contributed by atoms with E-state index in [9.17, 15) is 19.2 Å². The van der Waals surface area contributed by atoms with Gasteiger partial charge in [0.2, 0.25) is 0 Å². The van der Waals surface area contributed by atoms with E-state index in [1.165, 1.54) is 0 Å². The van der Waals surface area contributed by atoms with E-state index in [2.05, 4.69) is 132 Å². The van der Waals surface area contributed by atoms with Crippen LogP contribution in [0.4, 0.5) is 9.59 Å². The zero-order chi connectivity index (χ0) is 48.0. The summed E-state index contributed by atoms with van der Waals surface area (Å²) in [6.07, 6.45) is 0.401. The molecule has 4 unspecified atom stereocenters. The van der Waals surface area contributed by atoms with E-state index in [0.717, 1.165) is 12.2 Å². The Labute approximate surface area is 388 Å². The predicted molar refractivity (Wildman–Crippen MR) is 249 cm³/mol. The topological polar surface area (TPSA) is 148 Å². The summed E-state index contributed by atoms with van der Waals surface area (Å²) in [5.41, 5.74) is 0.641. The SMILES string of the molecule is C=CC(=O)OCC(COc1ccc(C#CC#CC#CC#CC)cc1)OC(=O)NCC1(C)CC(NC(=O)OC(COC(=O)C=C)COc2ccc(C#CC#CC#CC#CC)cc2)CC(C)(C)C1. The Hall–Kier alpha value is -8.52. The highest BCUT2D eigenvalue weighted by molar-refractivity contribution is 5.81. The number of hydrogen-bond acceptors (Lipinski definition) is 10. The van der Waals surface area contributed by atoms with Crippen LogP contribution < -0.4 is 20.1 Å². The molecule has 0 radical (unpaired) electrons. The van der Waals surface area contributed by atoms with Crippen molar-refractivity contribution >= 4 is 24.1 Å². The van der Waals surface area contributed by atoms with Crippen LogP contribution >= 0.6 is 0 Å². The van der Waals surface area contributed by atoms with Crippen LogP contribution in [-0.2, 0) is 28.5 Å². The molecule has 0 spiro atoms. The maximum Gasteiger partial charge on any atom is 0.407 e. The number of rotatable bonds is 17. The Kier molecular flexibility index (Phi) is 22.2. The summed E-state index contributed by atoms with van der Waals surface area (Å²) in [6.45, 7) is 15.7. The van der Waals surface area contributed by atoms with Gasteiger partial charge in [-0.3, -0.25) is 0 Å². The van der Waals surface area contributed by atoms with Crippen molar-refractivity contribution in [2.45, 2.75) is 72.1 Å². The number of alkyl carbamates (subject to hydrolysis) is 2. The predicted octanol–water partition coefficient (Wildman–Crippen LogP) is 6.14. The Morgan fingerprint density at radius 1 is 0.621 bits per heavy atom. The molecule has 336 valence electrons. The van der Waals surface area contributed by atoms with E-state index in [1.807, 2.05) is 6.92 Å². The van der Waals surface area contributed by atoms with Crippen molar-refractivity contribution < 1.29 is 47.6 Å². The van der Waals surface area contributed by atoms with Crippen molar-refractivity contribution in [2.24, 2.45) is 10.8 Å². The first kappa shape index (κ1) is 51.8. The first-order valence-electron chi connectivity index (χ1n) is 20.6. The maximum atomic E-state index is 13.4. The molecule has 2 aromatic carbocycles. The molecule has 2 aromatic rings. The van der Waals surface area contributed by atoms with Crippen molar-refractivity contribution in [3.63, 3.8) is 0 Å². The zero-order valence-corrected chi connectivity index (χ0v) is 37.7. The van der Waals surface area contributed by atoms with Crippen LogP contribution in [0.25, 0.3) is 0 Å². The number of amides is 2. The molecule has 12 heteroatoms. The number of esters is 2. The first-order chi connectivity index (χ1) is 31.7. The molecule has 12 nitrogen and oxygen atoms in total. The second-order valence-electron chi connectivity index (χ2n) is 15.4. The van der Waals surface area contributed by atoms with Gasteiger partial charge in [-0.15, -0.1) is 0 Å². The molecule has 2 amide bonds. The van der Waals surface area contributed by atoms with E-state index in [-0.39, 0.29) is 44.4 Å². The molecule has 66 heavy (non-hydrogen) atoms. The lowest BCUT2D eigenvalue weighted by Gasteiger charge is -2.46. The Morgan fingerprint density at radius 2 is 1.05 bits per heavy atom. The quantitative estimate of drug-likeness (QED) is 0.0822. The summed E-state index contributed by atoms with van der Waals surface area (Å²) >= 11 is 0. The molecule has 0 bridgehead atoms. The molecular weight excluding hydrogens is 837 g/mol. The van der Waals surface area contributed by atoms with E-state index in [4.69, 9.17) is 28.4 Å². The van der Waals surface area contributed by atoms with Crippen LogP contribution in [0.3, 0.4) is 0 Å². The largest absolute Gasteiger partial charge is 0.490 e. The molecule has 0 saturated heterocycles. The summed E-state index contributed by atoms with van der Waals surface area (Å²) in [5.74, 6) is 42.1. The van der Waals surface area contributed by atoms with Crippen molar-refractivity contribution in [2.75, 3.05) is 33.0 Å². The van der Waals surface area contributed by atoms with Crippen molar-refractivity contribution in [3.8, 4) is 106 Å². The molecule has 0 aliphatic heterocycles. The van der Waals surface area contributed by atoms with Crippen LogP contribution in [0.15, 0.2) is 73.8 Å². The summed E-state index contributed by atoms with van der Waals surface area (Å²) in [7, 11) is 0. The van der Waals surface area contributed by atoms with Crippen LogP contribution in [0.1, 0.15) is 65.0 Å². The number of carbonyl (C=O) groups is 4. The lowest BCUT2D eigenvalue weighted by atomic mass is 9.62. The van der Waals surface area contributed by atoms with Gasteiger partial charge in [-0.25, -0.2) is 19.2 Å². The number of benzene rings is 2. The highest BCUT2D eigenvalue weighted by atomic mass is 16.6. The molecule has 3 rings (SSSR count). The number of carbonyl (C=O) groups excluding carboxylic acids is 4. The van der Waals surface area contributed by atoms with Crippen molar-refractivity contribution in [1.82, 2.24) is 10.6 Å². The minimum Gasteiger partial charge on any atom is -0.490 e. The van der Waals surface area contributed by atoms with Crippen molar-refractivity contribution in [3.05, 3.63) is 85.0 Å². The number of nitrogens with one attached hydrogen (secondary N) is 2. The summed E-state index contributed by atoms with van der Waals surface area (Å²) < 4.78 is 33.5. The lowest BCUT2D eigenvalue weighted by molar-refractivity contribution is -0.142. The fraction of sp³-hybridized carbons (Fsp3) is 0.333. The minimum atomic E-state index is -0.972. The summed E-state index contributed by atoms with van der Waals surface area (Å²) in [6, 6.07) is 13.4. The Balaban J connectivity index is 1.59. The Bertz CT molecular complexity index is 2590. The van der Waals surface area contributed by atoms with E-state index < -0.39 is 41.7 Å². The van der Waals surface area contributed by atoms with Crippen LogP contribution in [-0.4, -0.2) is 75.3 Å². The molecule has 1 aliphatic carbocycles. The smallest absolute Gasteiger partial charge is 0.407 e. The van der Waals surface area contributed by atoms with Gasteiger partial charge < -0.3 is 39.1 Å². The molecule has 1 saturated carbocycles. The monoisotopic (exact) mass is 886 g/mol. The highest BCUT2D eigenvalue weighted by Gasteiger charge is 2.42. The van der Waals surface area contributed by atoms with E-state index in [1.54, 1.807) is 62.4 Å². The summed E-state index contributed by atoms with van der Waals surface area (Å²) in [5, 5.41) is 5.80. The van der Waals surface area contributed by atoms with Crippen molar-refractivity contribution in [1.29, 1.82) is 0 Å². The third-order valence-corrected chi connectivity index (χ3v) is 9.00. The molecule has 0 aromatic heterocycles. The van der Waals surface area contributed by atoms with E-state index in [0.29, 0.717) is 41.9 Å². The molecule has 0 heterocycles. The standard InChI is InChI=1S/C54H50N2O10/c1-8-12-14-16-18-20-22-24-42-26-30-45(31-27-42)61-36-47(38-63-49(57)10-3)65-51(59)55-41-54(7)35-44(34-53(5,6)40-54)56-52(60)66-48(39-64-50(58)11-4)37-62-46-32-28-43(29-33-46)25-23-21-19-17-15-13-9-2/h10-11,26-33,44,47-48H,3-4,34-41H2,1-2,5-7H3,(H,55,59)(H,56,60). The third-order valence-electron chi connectivity index (χ3n) is 9.00. The average Bonchev–Trinajstić information content (AvgIpc) is 3.29. The highest BCUT2D eigenvalue weighted by Crippen LogP contribution is 2.45. The number of ether oxygens (including phenoxy) is 6. The lowest BCUT2D eigenvalue weighted by Crippen LogP contribution is -2.51. The van der Waals surface area contributed by atoms with Gasteiger partial charge in [-0.2, -0.15) is 0 Å². The molecule has 1 aliphatic rings. The average molecular weight is 887 g/mol. The molecule has 1 fully saturated rings. The van der Waals surface area contributed by atoms with Gasteiger partial charge in [0.15, 0.2) is 12.2 Å². The third kappa shape index (κ3) is 21.5. The van der Waals surface area contributed by atoms with Gasteiger partial charge in [0.25, 0.3) is 0 Å². The van der Waals surface area contributed by atoms with Gasteiger partial charge in [0.1, 0.15) is 37.9 Å². The van der Waals surface area contributed by atoms with Crippen LogP contribution in [0, 0.1) is 106 Å². The van der Waals surface area contributed by atoms with Crippen LogP contribution in [0.5, 0.6) is 11.5 Å². The van der Waals surface area contributed by atoms with E-state index >= 15 is 0 Å². The van der Waals surface area contributed by atoms with Gasteiger partial charge in [-0.1, -0.05) is 57.6 Å². The second-order valence-corrected chi connectivity index (χ2v) is 15.4. The minimum absolute atomic E-state index is 0.128. The summed E-state index contributed by atoms with van der Waals surface area (Å²) in [4.78, 5) is 50.3. The fourth-order valence-electron chi connectivity index (χ4n) is 6.63. The van der Waals surface area contributed by atoms with Gasteiger partial charge in [0, 0.05) is 35.9 Å². The first-order valence-corrected chi connectivity index (χ1v) is 20.6. The zero-order valence-electron chi connectivity index (χ0n) is 37.7. The maximum absolute atomic E-state index is 13.4. The molecule has 2 N–H and O–H groups in total. The van der Waals surface area contributed by atoms with Gasteiger partial charge in [0.05, 0.1) is 0 Å². The Morgan fingerprint density at radius 3 is 1.48 bits per heavy atom. The normalized spacial score (nSPS) is 15.4.